The van der Waals surface area contributed by atoms with E-state index in [9.17, 15) is 18.0 Å². The second-order valence-electron chi connectivity index (χ2n) is 4.93. The third-order valence-corrected chi connectivity index (χ3v) is 3.90. The lowest BCUT2D eigenvalue weighted by Crippen LogP contribution is -2.48. The molecule has 1 N–H and O–H groups in total. The van der Waals surface area contributed by atoms with E-state index in [2.05, 4.69) is 10.1 Å². The van der Waals surface area contributed by atoms with Gasteiger partial charge in [0.2, 0.25) is 0 Å². The first-order valence-electron chi connectivity index (χ1n) is 6.10. The van der Waals surface area contributed by atoms with Gasteiger partial charge in [-0.3, -0.25) is 0 Å². The molecule has 0 bridgehead atoms. The smallest absolute Gasteiger partial charge is 0.425 e. The summed E-state index contributed by atoms with van der Waals surface area (Å²) in [6.07, 6.45) is -6.98. The predicted octanol–water partition coefficient (Wildman–Crippen LogP) is 1.14. The maximum Gasteiger partial charge on any atom is 0.425 e. The molecular formula is C11H17F3N2O3. The molecule has 0 aromatic carbocycles. The molecule has 2 fully saturated rings. The molecule has 1 amide bonds. The second-order valence-corrected chi connectivity index (χ2v) is 4.93. The summed E-state index contributed by atoms with van der Waals surface area (Å²) < 4.78 is 47.0. The lowest BCUT2D eigenvalue weighted by molar-refractivity contribution is -0.200. The van der Waals surface area contributed by atoms with Gasteiger partial charge in [0.05, 0.1) is 6.04 Å². The summed E-state index contributed by atoms with van der Waals surface area (Å²) in [5.41, 5.74) is -0.500. The fourth-order valence-electron chi connectivity index (χ4n) is 2.65. The highest BCUT2D eigenvalue weighted by Gasteiger charge is 2.53. The Bertz CT molecular complexity index is 364. The van der Waals surface area contributed by atoms with Crippen LogP contribution in [0, 0.1) is 0 Å². The Morgan fingerprint density at radius 3 is 2.79 bits per heavy atom. The summed E-state index contributed by atoms with van der Waals surface area (Å²) in [4.78, 5) is 13.1. The number of amides is 1. The molecule has 2 saturated heterocycles. The van der Waals surface area contributed by atoms with Crippen molar-refractivity contribution in [1.82, 2.24) is 10.2 Å². The molecule has 3 atom stereocenters. The van der Waals surface area contributed by atoms with Gasteiger partial charge in [-0.1, -0.05) is 0 Å². The normalized spacial score (nSPS) is 32.3. The molecule has 19 heavy (non-hydrogen) atoms. The summed E-state index contributed by atoms with van der Waals surface area (Å²) >= 11 is 0. The molecule has 2 aliphatic heterocycles. The van der Waals surface area contributed by atoms with Crippen molar-refractivity contribution in [2.24, 2.45) is 0 Å². The van der Waals surface area contributed by atoms with Crippen LogP contribution < -0.4 is 5.32 Å². The monoisotopic (exact) mass is 282 g/mol. The number of hydrogen-bond donors (Lipinski definition) is 1. The first kappa shape index (κ1) is 14.4. The van der Waals surface area contributed by atoms with Gasteiger partial charge in [-0.25, -0.2) is 4.79 Å². The van der Waals surface area contributed by atoms with E-state index in [1.807, 2.05) is 0 Å². The molecule has 0 radical (unpaired) electrons. The molecule has 8 heteroatoms. The van der Waals surface area contributed by atoms with Crippen LogP contribution in [-0.2, 0) is 9.47 Å². The molecule has 0 aliphatic carbocycles. The number of nitrogens with zero attached hydrogens (tertiary/aromatic N) is 1. The Labute approximate surface area is 109 Å². The summed E-state index contributed by atoms with van der Waals surface area (Å²) in [6.45, 7) is 2.27. The number of nitrogens with one attached hydrogen (secondary N) is 1. The minimum atomic E-state index is -4.54. The first-order valence-corrected chi connectivity index (χ1v) is 6.10. The minimum absolute atomic E-state index is 0.273. The minimum Gasteiger partial charge on any atom is -0.437 e. The SMILES string of the molecule is CO[C@@]12CCN(C(=O)O[C@@H](C)C(F)(F)F)[C@@H]1CNC2. The van der Waals surface area contributed by atoms with Gasteiger partial charge in [0, 0.05) is 26.7 Å². The highest BCUT2D eigenvalue weighted by molar-refractivity contribution is 5.69. The van der Waals surface area contributed by atoms with Gasteiger partial charge >= 0.3 is 12.3 Å². The molecule has 0 spiro atoms. The third kappa shape index (κ3) is 2.51. The van der Waals surface area contributed by atoms with Gasteiger partial charge in [-0.05, 0) is 13.3 Å². The van der Waals surface area contributed by atoms with E-state index in [0.29, 0.717) is 26.1 Å². The van der Waals surface area contributed by atoms with Gasteiger partial charge in [0.1, 0.15) is 5.60 Å². The fourth-order valence-corrected chi connectivity index (χ4v) is 2.65. The lowest BCUT2D eigenvalue weighted by atomic mass is 9.98. The number of fused-ring (bicyclic) bond motifs is 1. The van der Waals surface area contributed by atoms with Crippen molar-refractivity contribution in [3.63, 3.8) is 0 Å². The molecular weight excluding hydrogens is 265 g/mol. The molecule has 110 valence electrons. The Balaban J connectivity index is 2.02. The van der Waals surface area contributed by atoms with Crippen LogP contribution in [0.15, 0.2) is 0 Å². The Morgan fingerprint density at radius 2 is 2.21 bits per heavy atom. The predicted molar refractivity (Wildman–Crippen MR) is 59.7 cm³/mol. The average Bonchev–Trinajstić information content (AvgIpc) is 2.85. The number of alkyl halides is 3. The van der Waals surface area contributed by atoms with Crippen molar-refractivity contribution in [2.45, 2.75) is 37.3 Å². The van der Waals surface area contributed by atoms with Crippen LogP contribution in [0.1, 0.15) is 13.3 Å². The molecule has 2 rings (SSSR count). The van der Waals surface area contributed by atoms with E-state index in [1.165, 1.54) is 4.90 Å². The fraction of sp³-hybridized carbons (Fsp3) is 0.909. The van der Waals surface area contributed by atoms with Crippen LogP contribution in [0.2, 0.25) is 0 Å². The summed E-state index contributed by atoms with van der Waals surface area (Å²) in [5.74, 6) is 0. The molecule has 5 nitrogen and oxygen atoms in total. The zero-order valence-corrected chi connectivity index (χ0v) is 10.8. The van der Waals surface area contributed by atoms with Crippen LogP contribution in [0.25, 0.3) is 0 Å². The molecule has 2 heterocycles. The van der Waals surface area contributed by atoms with Crippen LogP contribution in [0.4, 0.5) is 18.0 Å². The van der Waals surface area contributed by atoms with Crippen LogP contribution in [0.5, 0.6) is 0 Å². The third-order valence-electron chi connectivity index (χ3n) is 3.90. The summed E-state index contributed by atoms with van der Waals surface area (Å²) in [5, 5.41) is 3.09. The van der Waals surface area contributed by atoms with Crippen molar-refractivity contribution in [2.75, 3.05) is 26.7 Å². The Hall–Kier alpha value is -1.02. The standard InChI is InChI=1S/C11H17F3N2O3/c1-7(11(12,13)14)19-9(17)16-4-3-10(18-2)6-15-5-8(10)16/h7-8,15H,3-6H2,1-2H3/t7-,8+,10+/m0/s1. The Morgan fingerprint density at radius 1 is 1.53 bits per heavy atom. The zero-order chi connectivity index (χ0) is 14.3. The van der Waals surface area contributed by atoms with Crippen LogP contribution in [0.3, 0.4) is 0 Å². The van der Waals surface area contributed by atoms with Crippen molar-refractivity contribution < 1.29 is 27.4 Å². The number of carbonyl (C=O) groups excluding carboxylic acids is 1. The highest BCUT2D eigenvalue weighted by atomic mass is 19.4. The number of ether oxygens (including phenoxy) is 2. The van der Waals surface area contributed by atoms with Gasteiger partial charge < -0.3 is 19.7 Å². The number of hydrogen-bond acceptors (Lipinski definition) is 4. The number of rotatable bonds is 2. The van der Waals surface area contributed by atoms with E-state index in [0.717, 1.165) is 6.92 Å². The number of methoxy groups -OCH3 is 1. The molecule has 0 unspecified atom stereocenters. The molecule has 2 aliphatic rings. The van der Waals surface area contributed by atoms with Crippen LogP contribution >= 0.6 is 0 Å². The van der Waals surface area contributed by atoms with Gasteiger partial charge in [-0.15, -0.1) is 0 Å². The van der Waals surface area contributed by atoms with E-state index in [4.69, 9.17) is 4.74 Å². The van der Waals surface area contributed by atoms with Crippen molar-refractivity contribution in [3.05, 3.63) is 0 Å². The topological polar surface area (TPSA) is 50.8 Å². The van der Waals surface area contributed by atoms with Crippen LogP contribution in [-0.4, -0.2) is 61.7 Å². The van der Waals surface area contributed by atoms with Gasteiger partial charge in [-0.2, -0.15) is 13.2 Å². The quantitative estimate of drug-likeness (QED) is 0.825. The first-order chi connectivity index (χ1) is 8.80. The lowest BCUT2D eigenvalue weighted by Gasteiger charge is -2.30. The highest BCUT2D eigenvalue weighted by Crippen LogP contribution is 2.35. The van der Waals surface area contributed by atoms with E-state index in [1.54, 1.807) is 7.11 Å². The number of carbonyl (C=O) groups is 1. The maximum absolute atomic E-state index is 12.4. The van der Waals surface area contributed by atoms with E-state index < -0.39 is 24.0 Å². The van der Waals surface area contributed by atoms with Crippen molar-refractivity contribution >= 4 is 6.09 Å². The zero-order valence-electron chi connectivity index (χ0n) is 10.8. The second kappa shape index (κ2) is 4.82. The largest absolute Gasteiger partial charge is 0.437 e. The van der Waals surface area contributed by atoms with Gasteiger partial charge in [0.25, 0.3) is 0 Å². The Kier molecular flexibility index (Phi) is 3.65. The summed E-state index contributed by atoms with van der Waals surface area (Å²) in [7, 11) is 1.55. The average molecular weight is 282 g/mol. The van der Waals surface area contributed by atoms with E-state index in [-0.39, 0.29) is 6.04 Å². The van der Waals surface area contributed by atoms with Crippen molar-refractivity contribution in [1.29, 1.82) is 0 Å². The molecule has 0 aromatic rings. The molecule has 0 saturated carbocycles. The number of likely N-dealkylation sites (tertiary alicyclic amines) is 1. The molecule has 0 aromatic heterocycles. The number of halogens is 3. The van der Waals surface area contributed by atoms with Crippen molar-refractivity contribution in [3.8, 4) is 0 Å². The maximum atomic E-state index is 12.4. The van der Waals surface area contributed by atoms with Gasteiger partial charge in [0.15, 0.2) is 6.10 Å². The van der Waals surface area contributed by atoms with E-state index >= 15 is 0 Å². The summed E-state index contributed by atoms with van der Waals surface area (Å²) in [6, 6.07) is -0.273.